The van der Waals surface area contributed by atoms with E-state index >= 15 is 0 Å². The number of nitrogens with zero attached hydrogens (tertiary/aromatic N) is 4. The highest BCUT2D eigenvalue weighted by molar-refractivity contribution is 7.99. The Balaban J connectivity index is 0.000000121. The molecule has 0 aromatic heterocycles. The minimum Gasteiger partial charge on any atom is -0.376 e. The zero-order chi connectivity index (χ0) is 51.6. The lowest BCUT2D eigenvalue weighted by Gasteiger charge is -2.31. The molecule has 14 heteroatoms. The van der Waals surface area contributed by atoms with Crippen LogP contribution in [0.2, 0.25) is 0 Å². The fourth-order valence-electron chi connectivity index (χ4n) is 15.0. The lowest BCUT2D eigenvalue weighted by Crippen LogP contribution is -2.48. The molecule has 14 unspecified atom stereocenters. The van der Waals surface area contributed by atoms with Crippen LogP contribution in [0.1, 0.15) is 167 Å². The summed E-state index contributed by atoms with van der Waals surface area (Å²) in [5.74, 6) is 10.6. The third kappa shape index (κ3) is 16.1. The van der Waals surface area contributed by atoms with E-state index in [1.54, 1.807) is 0 Å². The van der Waals surface area contributed by atoms with Crippen LogP contribution >= 0.6 is 11.8 Å². The van der Waals surface area contributed by atoms with Crippen LogP contribution in [-0.2, 0) is 23.9 Å². The van der Waals surface area contributed by atoms with Gasteiger partial charge in [-0.3, -0.25) is 19.2 Å². The van der Waals surface area contributed by atoms with Gasteiger partial charge < -0.3 is 45.6 Å². The van der Waals surface area contributed by atoms with E-state index in [4.69, 9.17) is 4.74 Å². The van der Waals surface area contributed by atoms with Crippen LogP contribution in [-0.4, -0.2) is 172 Å². The van der Waals surface area contributed by atoms with Gasteiger partial charge in [0, 0.05) is 64.2 Å². The minimum atomic E-state index is 0.0334. The zero-order valence-electron chi connectivity index (χ0n) is 46.9. The summed E-state index contributed by atoms with van der Waals surface area (Å²) in [4.78, 5) is 58.7. The summed E-state index contributed by atoms with van der Waals surface area (Å²) >= 11 is 2.10. The number of thioether (sulfide) groups is 1. The van der Waals surface area contributed by atoms with Crippen molar-refractivity contribution in [2.75, 3.05) is 92.9 Å². The third-order valence-electron chi connectivity index (χ3n) is 20.4. The van der Waals surface area contributed by atoms with Crippen LogP contribution in [0.25, 0.3) is 0 Å². The molecule has 0 aromatic rings. The van der Waals surface area contributed by atoms with E-state index in [0.717, 1.165) is 150 Å². The van der Waals surface area contributed by atoms with Crippen molar-refractivity contribution in [3.63, 3.8) is 0 Å². The van der Waals surface area contributed by atoms with E-state index in [1.807, 2.05) is 28.2 Å². The van der Waals surface area contributed by atoms with E-state index in [0.29, 0.717) is 28.9 Å². The number of likely N-dealkylation sites (tertiary alicyclic amines) is 4. The molecule has 6 aliphatic carbocycles. The molecule has 0 bridgehead atoms. The van der Waals surface area contributed by atoms with Gasteiger partial charge in [0.2, 0.25) is 23.6 Å². The lowest BCUT2D eigenvalue weighted by molar-refractivity contribution is -0.136. The topological polar surface area (TPSA) is 139 Å². The zero-order valence-corrected chi connectivity index (χ0v) is 47.7. The second-order valence-electron chi connectivity index (χ2n) is 26.0. The van der Waals surface area contributed by atoms with Gasteiger partial charge in [-0.2, -0.15) is 11.8 Å². The minimum absolute atomic E-state index is 0.0334. The molecule has 4 amide bonds. The number of carbonyl (C=O) groups is 4. The molecule has 420 valence electrons. The van der Waals surface area contributed by atoms with Gasteiger partial charge in [-0.15, -0.1) is 0 Å². The molecular weight excluding hydrogens is 945 g/mol. The predicted octanol–water partition coefficient (Wildman–Crippen LogP) is 7.57. The largest absolute Gasteiger partial charge is 0.376 e. The van der Waals surface area contributed by atoms with Gasteiger partial charge in [0.25, 0.3) is 0 Å². The molecule has 6 saturated carbocycles. The Hall–Kier alpha value is -1.97. The lowest BCUT2D eigenvalue weighted by atomic mass is 9.89. The molecule has 14 atom stereocenters. The Morgan fingerprint density at radius 2 is 0.743 bits per heavy atom. The molecule has 13 nitrogen and oxygen atoms in total. The highest BCUT2D eigenvalue weighted by Gasteiger charge is 2.49. The Morgan fingerprint density at radius 3 is 1.14 bits per heavy atom. The van der Waals surface area contributed by atoms with Crippen molar-refractivity contribution in [1.29, 1.82) is 0 Å². The fourth-order valence-corrected chi connectivity index (χ4v) is 16.3. The van der Waals surface area contributed by atoms with Crippen LogP contribution < -0.4 is 21.3 Å². The first kappa shape index (κ1) is 56.7. The number of ether oxygens (including phenoxy) is 1. The van der Waals surface area contributed by atoms with Crippen molar-refractivity contribution >= 4 is 35.4 Å². The van der Waals surface area contributed by atoms with E-state index in [2.05, 4.69) is 52.6 Å². The van der Waals surface area contributed by atoms with E-state index in [-0.39, 0.29) is 30.3 Å². The maximum atomic E-state index is 12.6. The Kier molecular flexibility index (Phi) is 21.3. The molecule has 74 heavy (non-hydrogen) atoms. The number of carbonyl (C=O) groups excluding carboxylic acids is 4. The molecule has 0 radical (unpaired) electrons. The quantitative estimate of drug-likeness (QED) is 0.145. The van der Waals surface area contributed by atoms with E-state index in [1.165, 1.54) is 141 Å². The molecule has 12 aliphatic rings. The molecule has 6 aliphatic heterocycles. The van der Waals surface area contributed by atoms with Gasteiger partial charge in [0.15, 0.2) is 0 Å². The summed E-state index contributed by atoms with van der Waals surface area (Å²) in [6.45, 7) is 8.79. The van der Waals surface area contributed by atoms with Crippen molar-refractivity contribution in [2.24, 2.45) is 59.2 Å². The van der Waals surface area contributed by atoms with Crippen LogP contribution in [0.5, 0.6) is 0 Å². The molecule has 6 heterocycles. The fraction of sp³-hybridized carbons (Fsp3) is 0.933. The van der Waals surface area contributed by atoms with Crippen LogP contribution in [0.15, 0.2) is 0 Å². The number of hydrogen-bond acceptors (Lipinski definition) is 10. The van der Waals surface area contributed by atoms with Gasteiger partial charge in [-0.1, -0.05) is 57.8 Å². The van der Waals surface area contributed by atoms with Crippen LogP contribution in [0.4, 0.5) is 0 Å². The SMILES string of the molecule is CNC1CC2CC2CN(CC2CCCCC2)C1=O.CNC1CC2CC2CN(CC2CCCCCC2)C1=O.CNC1CC2CC2CN(CC2CCCCCS2)C1=O.CNC1CC2CC2CN(CC2CCCCO2)C1=O. The van der Waals surface area contributed by atoms with E-state index < -0.39 is 0 Å². The first-order valence-corrected chi connectivity index (χ1v) is 32.2. The summed E-state index contributed by atoms with van der Waals surface area (Å²) in [7, 11) is 7.71. The molecular formula is C60H104N8O5S. The number of nitrogens with one attached hydrogen (secondary N) is 4. The maximum Gasteiger partial charge on any atom is 0.239 e. The number of fused-ring (bicyclic) bond motifs is 4. The summed E-state index contributed by atoms with van der Waals surface area (Å²) in [5.41, 5.74) is 0. The molecule has 4 N–H and O–H groups in total. The normalized spacial score (nSPS) is 38.4. The standard InChI is InChI=1S/C16H28N2O.C15H26N2OS.C15H26N2O.C14H24N2O2/c1-17-15-9-13-8-14(13)11-18(16(15)19)10-12-6-4-2-3-5-7-12;1-16-14-8-11-7-12(11)9-17(15(14)18)10-13-5-3-2-4-6-19-13;1-16-14-8-12-7-13(12)10-17(15(14)18)9-11-5-3-2-4-6-11;1-15-13-7-10-6-11(10)8-16(14(13)17)9-12-4-2-3-5-18-12/h12-15,17H,2-11H2,1H3;11-14,16H,2-10H2,1H3;11-14,16H,2-10H2,1H3;10-13,15H,2-9H2,1H3. The van der Waals surface area contributed by atoms with Gasteiger partial charge in [0.05, 0.1) is 30.3 Å². The maximum absolute atomic E-state index is 12.6. The highest BCUT2D eigenvalue weighted by Crippen LogP contribution is 2.48. The summed E-state index contributed by atoms with van der Waals surface area (Å²) in [6.07, 6.45) is 33.8. The predicted molar refractivity (Wildman–Crippen MR) is 299 cm³/mol. The van der Waals surface area contributed by atoms with Gasteiger partial charge in [-0.05, 0) is 202 Å². The molecule has 12 fully saturated rings. The average Bonchev–Trinajstić information content (AvgIpc) is 4.18. The number of hydrogen-bond donors (Lipinski definition) is 4. The van der Waals surface area contributed by atoms with Crippen molar-refractivity contribution in [1.82, 2.24) is 40.9 Å². The van der Waals surface area contributed by atoms with Crippen molar-refractivity contribution in [2.45, 2.75) is 202 Å². The van der Waals surface area contributed by atoms with Crippen molar-refractivity contribution < 1.29 is 23.9 Å². The van der Waals surface area contributed by atoms with Crippen LogP contribution in [0.3, 0.4) is 0 Å². The summed E-state index contributed by atoms with van der Waals surface area (Å²) in [5, 5.41) is 13.6. The molecule has 12 rings (SSSR count). The van der Waals surface area contributed by atoms with E-state index in [9.17, 15) is 19.2 Å². The number of rotatable bonds is 12. The first-order valence-electron chi connectivity index (χ1n) is 31.2. The second kappa shape index (κ2) is 27.8. The van der Waals surface area contributed by atoms with Gasteiger partial charge in [-0.25, -0.2) is 0 Å². The number of likely N-dealkylation sites (N-methyl/N-ethyl adjacent to an activating group) is 4. The van der Waals surface area contributed by atoms with Crippen molar-refractivity contribution in [3.8, 4) is 0 Å². The first-order chi connectivity index (χ1) is 36.1. The molecule has 6 saturated heterocycles. The number of amides is 4. The van der Waals surface area contributed by atoms with Crippen LogP contribution in [0, 0.1) is 59.2 Å². The Morgan fingerprint density at radius 1 is 0.392 bits per heavy atom. The average molecular weight is 1050 g/mol. The summed E-state index contributed by atoms with van der Waals surface area (Å²) in [6, 6.07) is 0.286. The second-order valence-corrected chi connectivity index (χ2v) is 27.4. The summed E-state index contributed by atoms with van der Waals surface area (Å²) < 4.78 is 5.77. The Bertz CT molecular complexity index is 1660. The Labute approximate surface area is 452 Å². The highest BCUT2D eigenvalue weighted by atomic mass is 32.2. The monoisotopic (exact) mass is 1050 g/mol. The van der Waals surface area contributed by atoms with Gasteiger partial charge in [0.1, 0.15) is 0 Å². The van der Waals surface area contributed by atoms with Gasteiger partial charge >= 0.3 is 0 Å². The van der Waals surface area contributed by atoms with Crippen molar-refractivity contribution in [3.05, 3.63) is 0 Å². The molecule has 0 aromatic carbocycles. The third-order valence-corrected chi connectivity index (χ3v) is 21.8. The smallest absolute Gasteiger partial charge is 0.239 e. The molecule has 0 spiro atoms.